The molecule has 14 heavy (non-hydrogen) atoms. The quantitative estimate of drug-likeness (QED) is 0.443. The highest BCUT2D eigenvalue weighted by molar-refractivity contribution is 5.74. The van der Waals surface area contributed by atoms with Crippen LogP contribution in [0.3, 0.4) is 0 Å². The summed E-state index contributed by atoms with van der Waals surface area (Å²) in [6, 6.07) is 9.11. The highest BCUT2D eigenvalue weighted by Crippen LogP contribution is 1.97. The Hall–Kier alpha value is -2.00. The molecule has 5 heteroatoms. The van der Waals surface area contributed by atoms with Gasteiger partial charge in [0.25, 0.3) is 0 Å². The van der Waals surface area contributed by atoms with Crippen LogP contribution in [0.25, 0.3) is 10.4 Å². The lowest BCUT2D eigenvalue weighted by atomic mass is 10.1. The molecule has 0 aliphatic heterocycles. The molecule has 72 valence electrons. The Morgan fingerprint density at radius 3 is 2.79 bits per heavy atom. The second kappa shape index (κ2) is 5.61. The Labute approximate surface area is 81.4 Å². The fourth-order valence-electron chi connectivity index (χ4n) is 1.03. The van der Waals surface area contributed by atoms with Crippen molar-refractivity contribution in [2.45, 2.75) is 6.42 Å². The van der Waals surface area contributed by atoms with E-state index in [9.17, 15) is 4.79 Å². The number of urea groups is 1. The number of rotatable bonds is 3. The van der Waals surface area contributed by atoms with Crippen LogP contribution in [0.5, 0.6) is 0 Å². The van der Waals surface area contributed by atoms with Crippen LogP contribution in [0.1, 0.15) is 5.56 Å². The number of amides is 2. The van der Waals surface area contributed by atoms with Crippen molar-refractivity contribution in [3.8, 4) is 0 Å². The zero-order valence-electron chi connectivity index (χ0n) is 7.55. The first-order chi connectivity index (χ1) is 6.83. The zero-order chi connectivity index (χ0) is 10.2. The number of nitrogens with one attached hydrogen (secondary N) is 1. The summed E-state index contributed by atoms with van der Waals surface area (Å²) in [6.07, 6.45) is 0.730. The molecule has 0 aliphatic carbocycles. The van der Waals surface area contributed by atoms with E-state index in [4.69, 9.17) is 5.53 Å². The first-order valence-electron chi connectivity index (χ1n) is 4.20. The van der Waals surface area contributed by atoms with Gasteiger partial charge in [-0.3, -0.25) is 4.79 Å². The van der Waals surface area contributed by atoms with E-state index in [0.717, 1.165) is 12.0 Å². The number of hydrogen-bond acceptors (Lipinski definition) is 1. The lowest BCUT2D eigenvalue weighted by Gasteiger charge is -2.00. The molecule has 1 aromatic rings. The van der Waals surface area contributed by atoms with Crippen molar-refractivity contribution in [2.75, 3.05) is 6.54 Å². The maximum absolute atomic E-state index is 10.7. The van der Waals surface area contributed by atoms with Crippen LogP contribution in [0.4, 0.5) is 4.79 Å². The molecule has 0 aromatic heterocycles. The van der Waals surface area contributed by atoms with Gasteiger partial charge >= 0.3 is 6.03 Å². The minimum absolute atomic E-state index is 0.474. The summed E-state index contributed by atoms with van der Waals surface area (Å²) < 4.78 is 0. The second-order valence-corrected chi connectivity index (χ2v) is 2.66. The molecule has 0 saturated carbocycles. The molecule has 5 nitrogen and oxygen atoms in total. The van der Waals surface area contributed by atoms with E-state index in [0.29, 0.717) is 6.54 Å². The predicted octanol–water partition coefficient (Wildman–Crippen LogP) is 2.25. The van der Waals surface area contributed by atoms with Gasteiger partial charge in [0.1, 0.15) is 0 Å². The highest BCUT2D eigenvalue weighted by atomic mass is 16.2. The molecule has 0 unspecified atom stereocenters. The molecule has 2 amide bonds. The number of carbonyl (C=O) groups is 1. The van der Waals surface area contributed by atoms with Crippen molar-refractivity contribution in [1.82, 2.24) is 5.32 Å². The summed E-state index contributed by atoms with van der Waals surface area (Å²) in [5.74, 6) is 0. The van der Waals surface area contributed by atoms with E-state index >= 15 is 0 Å². The molecule has 0 atom stereocenters. The Balaban J connectivity index is 2.29. The van der Waals surface area contributed by atoms with E-state index in [1.54, 1.807) is 0 Å². The van der Waals surface area contributed by atoms with Crippen molar-refractivity contribution in [3.05, 3.63) is 46.3 Å². The Bertz CT molecular complexity index is 343. The molecule has 0 heterocycles. The van der Waals surface area contributed by atoms with Gasteiger partial charge in [-0.05, 0) is 17.5 Å². The van der Waals surface area contributed by atoms with E-state index in [2.05, 4.69) is 15.3 Å². The molecule has 0 radical (unpaired) electrons. The van der Waals surface area contributed by atoms with Gasteiger partial charge in [-0.1, -0.05) is 30.3 Å². The summed E-state index contributed by atoms with van der Waals surface area (Å²) in [4.78, 5) is 13.1. The smallest absolute Gasteiger partial charge is 0.308 e. The summed E-state index contributed by atoms with van der Waals surface area (Å²) in [5.41, 5.74) is 9.08. The molecule has 1 N–H and O–H groups in total. The molecule has 0 bridgehead atoms. The van der Waals surface area contributed by atoms with Gasteiger partial charge in [0.2, 0.25) is 0 Å². The Kier molecular flexibility index (Phi) is 4.04. The monoisotopic (exact) mass is 190 g/mol. The highest BCUT2D eigenvalue weighted by Gasteiger charge is 1.95. The van der Waals surface area contributed by atoms with Gasteiger partial charge in [0.15, 0.2) is 0 Å². The SMILES string of the molecule is [N-]=[N+]=NC(=O)NCCc1ccccc1. The third kappa shape index (κ3) is 3.60. The normalized spacial score (nSPS) is 8.86. The summed E-state index contributed by atoms with van der Waals surface area (Å²) in [6.45, 7) is 0.474. The minimum Gasteiger partial charge on any atom is -0.350 e. The third-order valence-electron chi connectivity index (χ3n) is 1.67. The van der Waals surface area contributed by atoms with Crippen LogP contribution in [0.15, 0.2) is 35.4 Å². The van der Waals surface area contributed by atoms with E-state index < -0.39 is 6.03 Å². The van der Waals surface area contributed by atoms with E-state index in [1.807, 2.05) is 30.3 Å². The number of hydrogen-bond donors (Lipinski definition) is 1. The largest absolute Gasteiger partial charge is 0.350 e. The standard InChI is InChI=1S/C9H10N4O/c10-13-12-9(14)11-7-6-8-4-2-1-3-5-8/h1-5H,6-7H2,(H,11,14). The number of benzene rings is 1. The number of azide groups is 1. The minimum atomic E-state index is -0.636. The lowest BCUT2D eigenvalue weighted by Crippen LogP contribution is -2.21. The van der Waals surface area contributed by atoms with Crippen molar-refractivity contribution in [2.24, 2.45) is 5.11 Å². The fourth-order valence-corrected chi connectivity index (χ4v) is 1.03. The van der Waals surface area contributed by atoms with Crippen molar-refractivity contribution < 1.29 is 4.79 Å². The molecule has 1 aromatic carbocycles. The van der Waals surface area contributed by atoms with Crippen LogP contribution >= 0.6 is 0 Å². The zero-order valence-corrected chi connectivity index (χ0v) is 7.55. The van der Waals surface area contributed by atoms with Gasteiger partial charge in [-0.25, -0.2) is 0 Å². The van der Waals surface area contributed by atoms with Crippen LogP contribution in [-0.2, 0) is 6.42 Å². The molecule has 0 fully saturated rings. The molecule has 0 aliphatic rings. The van der Waals surface area contributed by atoms with E-state index in [1.165, 1.54) is 0 Å². The van der Waals surface area contributed by atoms with Gasteiger partial charge < -0.3 is 5.32 Å². The van der Waals surface area contributed by atoms with Crippen LogP contribution < -0.4 is 5.32 Å². The Morgan fingerprint density at radius 2 is 2.14 bits per heavy atom. The van der Waals surface area contributed by atoms with Crippen LogP contribution in [-0.4, -0.2) is 12.6 Å². The first-order valence-corrected chi connectivity index (χ1v) is 4.20. The fraction of sp³-hybridized carbons (Fsp3) is 0.222. The molecular weight excluding hydrogens is 180 g/mol. The molecule has 0 spiro atoms. The second-order valence-electron chi connectivity index (χ2n) is 2.66. The lowest BCUT2D eigenvalue weighted by molar-refractivity contribution is 0.249. The third-order valence-corrected chi connectivity index (χ3v) is 1.67. The van der Waals surface area contributed by atoms with Crippen molar-refractivity contribution >= 4 is 6.03 Å². The maximum Gasteiger partial charge on any atom is 0.308 e. The van der Waals surface area contributed by atoms with Gasteiger partial charge in [0.05, 0.1) is 0 Å². The van der Waals surface area contributed by atoms with Gasteiger partial charge in [-0.15, -0.1) is 0 Å². The van der Waals surface area contributed by atoms with Crippen LogP contribution in [0, 0.1) is 0 Å². The van der Waals surface area contributed by atoms with Gasteiger partial charge in [-0.2, -0.15) is 0 Å². The van der Waals surface area contributed by atoms with Crippen molar-refractivity contribution in [1.29, 1.82) is 0 Å². The predicted molar refractivity (Wildman–Crippen MR) is 52.7 cm³/mol. The topological polar surface area (TPSA) is 77.9 Å². The maximum atomic E-state index is 10.7. The van der Waals surface area contributed by atoms with E-state index in [-0.39, 0.29) is 0 Å². The first kappa shape index (κ1) is 10.1. The molecular formula is C9H10N4O. The number of carbonyl (C=O) groups excluding carboxylic acids is 1. The summed E-state index contributed by atoms with van der Waals surface area (Å²) in [7, 11) is 0. The summed E-state index contributed by atoms with van der Waals surface area (Å²) in [5, 5.41) is 5.36. The molecule has 1 rings (SSSR count). The van der Waals surface area contributed by atoms with Gasteiger partial charge in [0, 0.05) is 16.6 Å². The molecule has 0 saturated heterocycles. The summed E-state index contributed by atoms with van der Waals surface area (Å²) >= 11 is 0. The number of nitrogens with zero attached hydrogens (tertiary/aromatic N) is 3. The van der Waals surface area contributed by atoms with Crippen LogP contribution in [0.2, 0.25) is 0 Å². The average Bonchev–Trinajstić information content (AvgIpc) is 2.20. The average molecular weight is 190 g/mol. The Morgan fingerprint density at radius 1 is 1.43 bits per heavy atom. The van der Waals surface area contributed by atoms with Crippen molar-refractivity contribution in [3.63, 3.8) is 0 Å².